The molecule has 0 radical (unpaired) electrons. The predicted octanol–water partition coefficient (Wildman–Crippen LogP) is 6.65. The summed E-state index contributed by atoms with van der Waals surface area (Å²) in [5, 5.41) is 0. The minimum Gasteiger partial charge on any atom is -0.196 e. The fourth-order valence-electron chi connectivity index (χ4n) is 3.95. The molecule has 1 aliphatic heterocycles. The Morgan fingerprint density at radius 3 is 2.21 bits per heavy atom. The third-order valence-electron chi connectivity index (χ3n) is 5.27. The van der Waals surface area contributed by atoms with E-state index < -0.39 is 42.3 Å². The second-order valence-corrected chi connectivity index (χ2v) is 11.4. The molecule has 0 N–H and O–H groups in total. The van der Waals surface area contributed by atoms with Gasteiger partial charge in [0.25, 0.3) is 0 Å². The van der Waals surface area contributed by atoms with E-state index in [0.29, 0.717) is 37.7 Å². The average molecular weight is 462 g/mol. The van der Waals surface area contributed by atoms with Crippen LogP contribution in [0.2, 0.25) is 0 Å². The molecule has 2 aliphatic rings. The standard InChI is InChI=1S/C18H20F6O3S2/c1-2-12-9-6-10-15-14(12)11-16(13-7-4-3-5-8-13)28(15,17(19,20)21)27-29(25,26)18(22,23)24/h6,9-11,13H,2-5,7-8H2,1H3. The molecule has 1 aromatic carbocycles. The largest absolute Gasteiger partial charge is 0.523 e. The van der Waals surface area contributed by atoms with E-state index in [1.54, 1.807) is 13.0 Å². The first-order chi connectivity index (χ1) is 13.3. The Bertz CT molecular complexity index is 915. The minimum absolute atomic E-state index is 0.125. The number of hydrogen-bond acceptors (Lipinski definition) is 3. The molecule has 1 fully saturated rings. The molecule has 1 saturated carbocycles. The fraction of sp³-hybridized carbons (Fsp3) is 0.556. The summed E-state index contributed by atoms with van der Waals surface area (Å²) in [7, 11) is -11.4. The normalized spacial score (nSPS) is 26.0. The van der Waals surface area contributed by atoms with Gasteiger partial charge in [0.05, 0.1) is 0 Å². The minimum atomic E-state index is -6.48. The Hall–Kier alpha value is -1.20. The lowest BCUT2D eigenvalue weighted by Crippen LogP contribution is -2.34. The van der Waals surface area contributed by atoms with Gasteiger partial charge in [-0.05, 0) is 48.4 Å². The van der Waals surface area contributed by atoms with E-state index in [0.717, 1.165) is 12.5 Å². The molecule has 164 valence electrons. The van der Waals surface area contributed by atoms with Gasteiger partial charge < -0.3 is 0 Å². The van der Waals surface area contributed by atoms with Gasteiger partial charge in [-0.2, -0.15) is 38.4 Å². The summed E-state index contributed by atoms with van der Waals surface area (Å²) >= 11 is 0. The van der Waals surface area contributed by atoms with Crippen molar-refractivity contribution < 1.29 is 38.4 Å². The summed E-state index contributed by atoms with van der Waals surface area (Å²) in [5.74, 6) is -0.680. The zero-order valence-corrected chi connectivity index (χ0v) is 17.1. The van der Waals surface area contributed by atoms with E-state index >= 15 is 0 Å². The second kappa shape index (κ2) is 7.49. The number of hydrogen-bond donors (Lipinski definition) is 0. The summed E-state index contributed by atoms with van der Waals surface area (Å²) in [6, 6.07) is 3.92. The Balaban J connectivity index is 2.30. The number of rotatable bonds is 4. The number of benzene rings is 1. The molecule has 1 aromatic rings. The Morgan fingerprint density at radius 2 is 1.69 bits per heavy atom. The van der Waals surface area contributed by atoms with Crippen molar-refractivity contribution >= 4 is 26.5 Å². The summed E-state index contributed by atoms with van der Waals surface area (Å²) in [6.45, 7) is 1.71. The summed E-state index contributed by atoms with van der Waals surface area (Å²) in [5.41, 5.74) is -10.7. The van der Waals surface area contributed by atoms with Crippen LogP contribution in [-0.4, -0.2) is 19.4 Å². The lowest BCUT2D eigenvalue weighted by molar-refractivity contribution is -0.0547. The maximum Gasteiger partial charge on any atom is 0.523 e. The molecule has 3 nitrogen and oxygen atoms in total. The van der Waals surface area contributed by atoms with Crippen LogP contribution < -0.4 is 0 Å². The van der Waals surface area contributed by atoms with Crippen LogP contribution in [-0.2, 0) is 20.2 Å². The van der Waals surface area contributed by atoms with Gasteiger partial charge in [-0.15, -0.1) is 0 Å². The van der Waals surface area contributed by atoms with E-state index in [-0.39, 0.29) is 10.5 Å². The molecule has 29 heavy (non-hydrogen) atoms. The molecule has 11 heteroatoms. The van der Waals surface area contributed by atoms with Crippen molar-refractivity contribution in [3.8, 4) is 0 Å². The Labute approximate surface area is 166 Å². The number of alkyl halides is 6. The first-order valence-electron chi connectivity index (χ1n) is 9.10. The van der Waals surface area contributed by atoms with Crippen molar-refractivity contribution in [1.29, 1.82) is 0 Å². The van der Waals surface area contributed by atoms with Crippen molar-refractivity contribution in [3.05, 3.63) is 34.2 Å². The van der Waals surface area contributed by atoms with Crippen LogP contribution in [0, 0.1) is 5.92 Å². The van der Waals surface area contributed by atoms with Gasteiger partial charge in [0.1, 0.15) is 0 Å². The lowest BCUT2D eigenvalue weighted by atomic mass is 9.88. The van der Waals surface area contributed by atoms with E-state index in [4.69, 9.17) is 0 Å². The second-order valence-electron chi connectivity index (χ2n) is 7.03. The lowest BCUT2D eigenvalue weighted by Gasteiger charge is -2.42. The average Bonchev–Trinajstić information content (AvgIpc) is 2.96. The van der Waals surface area contributed by atoms with Crippen LogP contribution in [0.1, 0.15) is 50.2 Å². The molecular weight excluding hydrogens is 442 g/mol. The zero-order valence-electron chi connectivity index (χ0n) is 15.4. The van der Waals surface area contributed by atoms with Crippen LogP contribution in [0.4, 0.5) is 26.3 Å². The quantitative estimate of drug-likeness (QED) is 0.372. The molecule has 0 aromatic heterocycles. The molecule has 0 saturated heterocycles. The monoisotopic (exact) mass is 462 g/mol. The molecule has 1 heterocycles. The van der Waals surface area contributed by atoms with Crippen molar-refractivity contribution in [1.82, 2.24) is 0 Å². The van der Waals surface area contributed by atoms with Crippen LogP contribution in [0.15, 0.2) is 28.0 Å². The van der Waals surface area contributed by atoms with Gasteiger partial charge in [-0.1, -0.05) is 38.3 Å². The zero-order chi connectivity index (χ0) is 21.7. The van der Waals surface area contributed by atoms with Gasteiger partial charge in [0.2, 0.25) is 0 Å². The first-order valence-corrected chi connectivity index (χ1v) is 12.1. The SMILES string of the molecule is CCc1cccc2c1C=C(C1CCCCC1)S2(OS(=O)(=O)C(F)(F)F)C(F)(F)F. The molecule has 0 bridgehead atoms. The number of allylic oxidation sites excluding steroid dienone is 1. The molecule has 3 rings (SSSR count). The third kappa shape index (κ3) is 3.69. The Morgan fingerprint density at radius 1 is 1.07 bits per heavy atom. The number of halogens is 6. The topological polar surface area (TPSA) is 43.4 Å². The third-order valence-corrected chi connectivity index (χ3v) is 10.1. The highest BCUT2D eigenvalue weighted by Gasteiger charge is 2.65. The molecule has 0 spiro atoms. The van der Waals surface area contributed by atoms with Crippen molar-refractivity contribution in [3.63, 3.8) is 0 Å². The number of aryl methyl sites for hydroxylation is 1. The maximum absolute atomic E-state index is 14.5. The molecular formula is C18H20F6O3S2. The highest BCUT2D eigenvalue weighted by atomic mass is 32.3. The smallest absolute Gasteiger partial charge is 0.196 e. The molecule has 0 amide bonds. The maximum atomic E-state index is 14.5. The van der Waals surface area contributed by atoms with E-state index in [9.17, 15) is 34.8 Å². The van der Waals surface area contributed by atoms with Crippen molar-refractivity contribution in [2.75, 3.05) is 0 Å². The first kappa shape index (κ1) is 22.5. The van der Waals surface area contributed by atoms with Crippen LogP contribution in [0.25, 0.3) is 6.08 Å². The van der Waals surface area contributed by atoms with Gasteiger partial charge in [0, 0.05) is 20.1 Å². The van der Waals surface area contributed by atoms with Crippen molar-refractivity contribution in [2.24, 2.45) is 5.92 Å². The van der Waals surface area contributed by atoms with E-state index in [1.807, 2.05) is 0 Å². The van der Waals surface area contributed by atoms with Gasteiger partial charge in [-0.25, -0.2) is 0 Å². The van der Waals surface area contributed by atoms with Crippen LogP contribution in [0.3, 0.4) is 0 Å². The summed E-state index contributed by atoms with van der Waals surface area (Å²) < 4.78 is 110. The van der Waals surface area contributed by atoms with Crippen molar-refractivity contribution in [2.45, 2.75) is 61.4 Å². The summed E-state index contributed by atoms with van der Waals surface area (Å²) in [4.78, 5) is -0.883. The Kier molecular flexibility index (Phi) is 5.81. The highest BCUT2D eigenvalue weighted by molar-refractivity contribution is 8.37. The van der Waals surface area contributed by atoms with Crippen LogP contribution in [0.5, 0.6) is 0 Å². The van der Waals surface area contributed by atoms with E-state index in [2.05, 4.69) is 3.63 Å². The number of fused-ring (bicyclic) bond motifs is 1. The molecule has 1 unspecified atom stereocenters. The van der Waals surface area contributed by atoms with Gasteiger partial charge in [0.15, 0.2) is 0 Å². The van der Waals surface area contributed by atoms with Crippen LogP contribution >= 0.6 is 10.3 Å². The van der Waals surface area contributed by atoms with Gasteiger partial charge >= 0.3 is 21.1 Å². The fourth-order valence-corrected chi connectivity index (χ4v) is 8.78. The predicted molar refractivity (Wildman–Crippen MR) is 98.3 cm³/mol. The summed E-state index contributed by atoms with van der Waals surface area (Å²) in [6.07, 6.45) is 4.34. The van der Waals surface area contributed by atoms with E-state index in [1.165, 1.54) is 12.1 Å². The highest BCUT2D eigenvalue weighted by Crippen LogP contribution is 2.80. The van der Waals surface area contributed by atoms with Gasteiger partial charge in [-0.3, -0.25) is 0 Å². The molecule has 1 atom stereocenters. The molecule has 1 aliphatic carbocycles.